The smallest absolute Gasteiger partial charge is 0.227 e. The van der Waals surface area contributed by atoms with Crippen LogP contribution in [0.1, 0.15) is 18.4 Å². The molecule has 3 rings (SSSR count). The molecule has 0 fully saturated rings. The number of aromatic nitrogens is 1. The molecule has 2 aromatic carbocycles. The van der Waals surface area contributed by atoms with E-state index in [1.165, 1.54) is 7.11 Å². The SMILES string of the molecule is COC[C@@H](O)CNC(=O)[C@H](C)c1ccc2c(c1)[nH]c1ccc(Cl)cc12. The van der Waals surface area contributed by atoms with E-state index in [1.54, 1.807) is 0 Å². The Balaban J connectivity index is 1.81. The van der Waals surface area contributed by atoms with Gasteiger partial charge in [-0.3, -0.25) is 4.79 Å². The average Bonchev–Trinajstić information content (AvgIpc) is 2.96. The Hall–Kier alpha value is -2.08. The van der Waals surface area contributed by atoms with Crippen LogP contribution >= 0.6 is 11.6 Å². The van der Waals surface area contributed by atoms with Crippen LogP contribution in [-0.4, -0.2) is 42.4 Å². The number of hydrogen-bond acceptors (Lipinski definition) is 3. The fourth-order valence-electron chi connectivity index (χ4n) is 2.94. The number of amides is 1. The topological polar surface area (TPSA) is 74.3 Å². The molecule has 1 heterocycles. The summed E-state index contributed by atoms with van der Waals surface area (Å²) in [4.78, 5) is 15.7. The number of nitrogens with one attached hydrogen (secondary N) is 2. The van der Waals surface area contributed by atoms with Crippen molar-refractivity contribution in [3.8, 4) is 0 Å². The number of fused-ring (bicyclic) bond motifs is 3. The van der Waals surface area contributed by atoms with Crippen molar-refractivity contribution in [3.05, 3.63) is 47.0 Å². The second-order valence-electron chi connectivity index (χ2n) is 6.20. The number of carbonyl (C=O) groups is 1. The lowest BCUT2D eigenvalue weighted by molar-refractivity contribution is -0.122. The summed E-state index contributed by atoms with van der Waals surface area (Å²) in [6, 6.07) is 11.7. The molecule has 25 heavy (non-hydrogen) atoms. The van der Waals surface area contributed by atoms with Crippen molar-refractivity contribution in [1.29, 1.82) is 0 Å². The Kier molecular flexibility index (Phi) is 5.27. The van der Waals surface area contributed by atoms with E-state index < -0.39 is 6.10 Å². The highest BCUT2D eigenvalue weighted by Gasteiger charge is 2.17. The van der Waals surface area contributed by atoms with Gasteiger partial charge in [-0.05, 0) is 36.8 Å². The third kappa shape index (κ3) is 3.79. The van der Waals surface area contributed by atoms with Crippen molar-refractivity contribution >= 4 is 39.3 Å². The zero-order valence-electron chi connectivity index (χ0n) is 14.2. The van der Waals surface area contributed by atoms with Gasteiger partial charge in [0, 0.05) is 40.5 Å². The van der Waals surface area contributed by atoms with E-state index in [-0.39, 0.29) is 25.0 Å². The van der Waals surface area contributed by atoms with Gasteiger partial charge in [-0.1, -0.05) is 23.7 Å². The number of aromatic amines is 1. The third-order valence-electron chi connectivity index (χ3n) is 4.35. The summed E-state index contributed by atoms with van der Waals surface area (Å²) in [7, 11) is 1.51. The van der Waals surface area contributed by atoms with Gasteiger partial charge in [0.2, 0.25) is 5.91 Å². The second-order valence-corrected chi connectivity index (χ2v) is 6.63. The van der Waals surface area contributed by atoms with Crippen molar-refractivity contribution < 1.29 is 14.6 Å². The van der Waals surface area contributed by atoms with Crippen LogP contribution in [0, 0.1) is 0 Å². The van der Waals surface area contributed by atoms with Gasteiger partial charge in [0.15, 0.2) is 0 Å². The van der Waals surface area contributed by atoms with Crippen LogP contribution < -0.4 is 5.32 Å². The number of hydrogen-bond donors (Lipinski definition) is 3. The quantitative estimate of drug-likeness (QED) is 0.632. The number of aliphatic hydroxyl groups excluding tert-OH is 1. The molecule has 3 N–H and O–H groups in total. The van der Waals surface area contributed by atoms with Gasteiger partial charge in [-0.25, -0.2) is 0 Å². The molecule has 0 saturated heterocycles. The Labute approximate surface area is 150 Å². The molecule has 0 aliphatic heterocycles. The lowest BCUT2D eigenvalue weighted by Crippen LogP contribution is -2.36. The molecule has 6 heteroatoms. The number of carbonyl (C=O) groups excluding carboxylic acids is 1. The van der Waals surface area contributed by atoms with Crippen LogP contribution in [0.4, 0.5) is 0 Å². The van der Waals surface area contributed by atoms with Gasteiger partial charge in [0.1, 0.15) is 0 Å². The van der Waals surface area contributed by atoms with E-state index >= 15 is 0 Å². The summed E-state index contributed by atoms with van der Waals surface area (Å²) in [5, 5.41) is 15.2. The Bertz CT molecular complexity index is 906. The second kappa shape index (κ2) is 7.44. The van der Waals surface area contributed by atoms with Crippen LogP contribution in [0.25, 0.3) is 21.8 Å². The molecule has 0 bridgehead atoms. The monoisotopic (exact) mass is 360 g/mol. The first-order chi connectivity index (χ1) is 12.0. The van der Waals surface area contributed by atoms with E-state index in [9.17, 15) is 9.90 Å². The normalized spacial score (nSPS) is 13.9. The number of H-pyrrole nitrogens is 1. The molecule has 1 aromatic heterocycles. The summed E-state index contributed by atoms with van der Waals surface area (Å²) in [5.74, 6) is -0.456. The molecule has 0 spiro atoms. The van der Waals surface area contributed by atoms with Gasteiger partial charge < -0.3 is 20.1 Å². The van der Waals surface area contributed by atoms with Crippen LogP contribution in [0.15, 0.2) is 36.4 Å². The van der Waals surface area contributed by atoms with Crippen LogP contribution in [0.3, 0.4) is 0 Å². The standard InChI is InChI=1S/C19H21ClN2O3/c1-11(19(24)21-9-14(23)10-25-2)12-3-5-15-16-8-13(20)4-6-17(16)22-18(15)7-12/h3-8,11,14,22-23H,9-10H2,1-2H3,(H,21,24)/t11-,14+/m1/s1. The molecule has 2 atom stereocenters. The highest BCUT2D eigenvalue weighted by Crippen LogP contribution is 2.30. The number of aliphatic hydroxyl groups is 1. The van der Waals surface area contributed by atoms with Gasteiger partial charge in [0.25, 0.3) is 0 Å². The maximum Gasteiger partial charge on any atom is 0.227 e. The highest BCUT2D eigenvalue weighted by molar-refractivity contribution is 6.31. The molecule has 0 aliphatic rings. The van der Waals surface area contributed by atoms with Crippen molar-refractivity contribution in [1.82, 2.24) is 10.3 Å². The minimum Gasteiger partial charge on any atom is -0.389 e. The van der Waals surface area contributed by atoms with E-state index in [1.807, 2.05) is 43.3 Å². The molecule has 1 amide bonds. The molecule has 0 saturated carbocycles. The number of halogens is 1. The minimum absolute atomic E-state index is 0.131. The molecular formula is C19H21ClN2O3. The van der Waals surface area contributed by atoms with Crippen molar-refractivity contribution in [2.75, 3.05) is 20.3 Å². The Morgan fingerprint density at radius 2 is 2.04 bits per heavy atom. The lowest BCUT2D eigenvalue weighted by Gasteiger charge is -2.15. The van der Waals surface area contributed by atoms with Crippen LogP contribution in [0.5, 0.6) is 0 Å². The van der Waals surface area contributed by atoms with Gasteiger partial charge in [-0.2, -0.15) is 0 Å². The first-order valence-corrected chi connectivity index (χ1v) is 8.53. The molecule has 132 valence electrons. The summed E-state index contributed by atoms with van der Waals surface area (Å²) in [6.45, 7) is 2.21. The van der Waals surface area contributed by atoms with Crippen molar-refractivity contribution in [2.45, 2.75) is 18.9 Å². The summed E-state index contributed by atoms with van der Waals surface area (Å²) in [6.07, 6.45) is -0.706. The molecule has 0 unspecified atom stereocenters. The number of ether oxygens (including phenoxy) is 1. The molecule has 0 radical (unpaired) electrons. The average molecular weight is 361 g/mol. The van der Waals surface area contributed by atoms with E-state index in [0.29, 0.717) is 5.02 Å². The first kappa shape index (κ1) is 17.7. The molecule has 0 aliphatic carbocycles. The fourth-order valence-corrected chi connectivity index (χ4v) is 3.11. The number of rotatable bonds is 6. The van der Waals surface area contributed by atoms with Crippen molar-refractivity contribution in [3.63, 3.8) is 0 Å². The predicted octanol–water partition coefficient (Wildman–Crippen LogP) is 3.20. The minimum atomic E-state index is -0.706. The predicted molar refractivity (Wildman–Crippen MR) is 100 cm³/mol. The summed E-state index contributed by atoms with van der Waals surface area (Å²) in [5.41, 5.74) is 2.88. The van der Waals surface area contributed by atoms with E-state index in [0.717, 1.165) is 27.4 Å². The summed E-state index contributed by atoms with van der Waals surface area (Å²) < 4.78 is 4.85. The Morgan fingerprint density at radius 3 is 2.80 bits per heavy atom. The Morgan fingerprint density at radius 1 is 1.24 bits per heavy atom. The maximum absolute atomic E-state index is 12.3. The number of methoxy groups -OCH3 is 1. The summed E-state index contributed by atoms with van der Waals surface area (Å²) >= 11 is 6.09. The molecular weight excluding hydrogens is 340 g/mol. The zero-order chi connectivity index (χ0) is 18.0. The van der Waals surface area contributed by atoms with Gasteiger partial charge in [0.05, 0.1) is 18.6 Å². The largest absolute Gasteiger partial charge is 0.389 e. The fraction of sp³-hybridized carbons (Fsp3) is 0.316. The van der Waals surface area contributed by atoms with Gasteiger partial charge in [-0.15, -0.1) is 0 Å². The molecule has 3 aromatic rings. The highest BCUT2D eigenvalue weighted by atomic mass is 35.5. The van der Waals surface area contributed by atoms with E-state index in [4.69, 9.17) is 16.3 Å². The van der Waals surface area contributed by atoms with Crippen LogP contribution in [-0.2, 0) is 9.53 Å². The first-order valence-electron chi connectivity index (χ1n) is 8.15. The number of benzene rings is 2. The molecule has 5 nitrogen and oxygen atoms in total. The maximum atomic E-state index is 12.3. The van der Waals surface area contributed by atoms with E-state index in [2.05, 4.69) is 10.3 Å². The third-order valence-corrected chi connectivity index (χ3v) is 4.58. The van der Waals surface area contributed by atoms with Crippen LogP contribution in [0.2, 0.25) is 5.02 Å². The van der Waals surface area contributed by atoms with Crippen molar-refractivity contribution in [2.24, 2.45) is 0 Å². The lowest BCUT2D eigenvalue weighted by atomic mass is 9.98. The zero-order valence-corrected chi connectivity index (χ0v) is 14.9. The van der Waals surface area contributed by atoms with Gasteiger partial charge >= 0.3 is 0 Å².